The standard InChI is InChI=1S/C12H14BrClN2O2/c1-15-11-6-18-5-8(11)12(17)16-10-4-7(14)2-3-9(10)13/h2-4,8,11,15H,5-6H2,1H3,(H,16,17). The highest BCUT2D eigenvalue weighted by Gasteiger charge is 2.33. The van der Waals surface area contributed by atoms with E-state index in [4.69, 9.17) is 16.3 Å². The first kappa shape index (κ1) is 13.8. The van der Waals surface area contributed by atoms with E-state index in [0.29, 0.717) is 23.9 Å². The molecule has 98 valence electrons. The molecule has 1 saturated heterocycles. The van der Waals surface area contributed by atoms with Gasteiger partial charge in [-0.3, -0.25) is 4.79 Å². The topological polar surface area (TPSA) is 50.4 Å². The van der Waals surface area contributed by atoms with Gasteiger partial charge in [0.05, 0.1) is 24.8 Å². The molecule has 18 heavy (non-hydrogen) atoms. The fourth-order valence-electron chi connectivity index (χ4n) is 1.92. The van der Waals surface area contributed by atoms with E-state index in [1.807, 2.05) is 7.05 Å². The minimum atomic E-state index is -0.180. The molecular formula is C12H14BrClN2O2. The van der Waals surface area contributed by atoms with Crippen molar-refractivity contribution >= 4 is 39.1 Å². The molecule has 1 amide bonds. The summed E-state index contributed by atoms with van der Waals surface area (Å²) in [5.74, 6) is -0.240. The highest BCUT2D eigenvalue weighted by molar-refractivity contribution is 9.10. The van der Waals surface area contributed by atoms with Crippen molar-refractivity contribution in [3.8, 4) is 0 Å². The summed E-state index contributed by atoms with van der Waals surface area (Å²) in [6.07, 6.45) is 0. The van der Waals surface area contributed by atoms with Gasteiger partial charge in [-0.25, -0.2) is 0 Å². The van der Waals surface area contributed by atoms with Crippen LogP contribution in [0.5, 0.6) is 0 Å². The van der Waals surface area contributed by atoms with Gasteiger partial charge in [0.2, 0.25) is 5.91 Å². The number of hydrogen-bond donors (Lipinski definition) is 2. The molecule has 6 heteroatoms. The zero-order chi connectivity index (χ0) is 13.1. The highest BCUT2D eigenvalue weighted by Crippen LogP contribution is 2.27. The summed E-state index contributed by atoms with van der Waals surface area (Å²) < 4.78 is 6.12. The molecule has 0 radical (unpaired) electrons. The van der Waals surface area contributed by atoms with Gasteiger partial charge < -0.3 is 15.4 Å². The molecule has 1 heterocycles. The number of benzene rings is 1. The second kappa shape index (κ2) is 6.02. The smallest absolute Gasteiger partial charge is 0.231 e. The summed E-state index contributed by atoms with van der Waals surface area (Å²) in [6, 6.07) is 5.34. The second-order valence-electron chi connectivity index (χ2n) is 4.15. The molecule has 1 aromatic rings. The molecule has 1 fully saturated rings. The van der Waals surface area contributed by atoms with Crippen molar-refractivity contribution in [2.75, 3.05) is 25.6 Å². The molecule has 2 rings (SSSR count). The van der Waals surface area contributed by atoms with Gasteiger partial charge in [0, 0.05) is 15.5 Å². The van der Waals surface area contributed by atoms with Crippen molar-refractivity contribution in [1.29, 1.82) is 0 Å². The number of halogens is 2. The lowest BCUT2D eigenvalue weighted by molar-refractivity contribution is -0.120. The van der Waals surface area contributed by atoms with Gasteiger partial charge in [-0.1, -0.05) is 11.6 Å². The van der Waals surface area contributed by atoms with Crippen molar-refractivity contribution in [2.45, 2.75) is 6.04 Å². The van der Waals surface area contributed by atoms with E-state index in [9.17, 15) is 4.79 Å². The monoisotopic (exact) mass is 332 g/mol. The molecule has 0 spiro atoms. The fourth-order valence-corrected chi connectivity index (χ4v) is 2.43. The number of ether oxygens (including phenoxy) is 1. The van der Waals surface area contributed by atoms with E-state index in [2.05, 4.69) is 26.6 Å². The highest BCUT2D eigenvalue weighted by atomic mass is 79.9. The molecule has 1 aromatic carbocycles. The van der Waals surface area contributed by atoms with E-state index in [-0.39, 0.29) is 17.9 Å². The molecule has 0 saturated carbocycles. The maximum absolute atomic E-state index is 12.2. The molecule has 4 nitrogen and oxygen atoms in total. The van der Waals surface area contributed by atoms with E-state index >= 15 is 0 Å². The van der Waals surface area contributed by atoms with Gasteiger partial charge in [-0.15, -0.1) is 0 Å². The lowest BCUT2D eigenvalue weighted by atomic mass is 10.0. The Morgan fingerprint density at radius 1 is 1.50 bits per heavy atom. The molecule has 2 N–H and O–H groups in total. The van der Waals surface area contributed by atoms with Crippen LogP contribution in [0.25, 0.3) is 0 Å². The fraction of sp³-hybridized carbons (Fsp3) is 0.417. The van der Waals surface area contributed by atoms with Crippen LogP contribution >= 0.6 is 27.5 Å². The van der Waals surface area contributed by atoms with Gasteiger partial charge in [-0.05, 0) is 41.2 Å². The van der Waals surface area contributed by atoms with Gasteiger partial charge in [0.25, 0.3) is 0 Å². The Morgan fingerprint density at radius 3 is 3.00 bits per heavy atom. The number of nitrogens with one attached hydrogen (secondary N) is 2. The van der Waals surface area contributed by atoms with E-state index < -0.39 is 0 Å². The van der Waals surface area contributed by atoms with E-state index in [0.717, 1.165) is 4.47 Å². The van der Waals surface area contributed by atoms with Crippen molar-refractivity contribution in [2.24, 2.45) is 5.92 Å². The number of likely N-dealkylation sites (N-methyl/N-ethyl adjacent to an activating group) is 1. The lowest BCUT2D eigenvalue weighted by Gasteiger charge is -2.17. The first-order valence-corrected chi connectivity index (χ1v) is 6.80. The van der Waals surface area contributed by atoms with Crippen molar-refractivity contribution in [3.05, 3.63) is 27.7 Å². The molecule has 0 bridgehead atoms. The third kappa shape index (κ3) is 3.03. The zero-order valence-corrected chi connectivity index (χ0v) is 12.2. The minimum Gasteiger partial charge on any atom is -0.379 e. The summed E-state index contributed by atoms with van der Waals surface area (Å²) >= 11 is 9.29. The third-order valence-corrected chi connectivity index (χ3v) is 3.90. The molecular weight excluding hydrogens is 320 g/mol. The largest absolute Gasteiger partial charge is 0.379 e. The van der Waals surface area contributed by atoms with Crippen LogP contribution in [0.3, 0.4) is 0 Å². The van der Waals surface area contributed by atoms with Gasteiger partial charge in [0.15, 0.2) is 0 Å². The molecule has 1 aliphatic rings. The maximum atomic E-state index is 12.2. The van der Waals surface area contributed by atoms with Crippen LogP contribution in [0.1, 0.15) is 0 Å². The van der Waals surface area contributed by atoms with Gasteiger partial charge in [-0.2, -0.15) is 0 Å². The average Bonchev–Trinajstić information content (AvgIpc) is 2.82. The Hall–Kier alpha value is -0.620. The normalized spacial score (nSPS) is 23.1. The SMILES string of the molecule is CNC1COCC1C(=O)Nc1cc(Cl)ccc1Br. The second-order valence-corrected chi connectivity index (χ2v) is 5.44. The first-order chi connectivity index (χ1) is 8.61. The van der Waals surface area contributed by atoms with Crippen molar-refractivity contribution in [1.82, 2.24) is 5.32 Å². The Kier molecular flexibility index (Phi) is 4.61. The number of hydrogen-bond acceptors (Lipinski definition) is 3. The molecule has 0 aromatic heterocycles. The van der Waals surface area contributed by atoms with Crippen LogP contribution in [0.2, 0.25) is 5.02 Å². The van der Waals surface area contributed by atoms with E-state index in [1.165, 1.54) is 0 Å². The number of rotatable bonds is 3. The van der Waals surface area contributed by atoms with Crippen LogP contribution in [0.4, 0.5) is 5.69 Å². The number of amides is 1. The predicted octanol–water partition coefficient (Wildman–Crippen LogP) is 2.28. The van der Waals surface area contributed by atoms with Gasteiger partial charge in [0.1, 0.15) is 0 Å². The van der Waals surface area contributed by atoms with Crippen molar-refractivity contribution in [3.63, 3.8) is 0 Å². The predicted molar refractivity (Wildman–Crippen MR) is 74.9 cm³/mol. The van der Waals surface area contributed by atoms with Crippen LogP contribution in [0, 0.1) is 5.92 Å². The Morgan fingerprint density at radius 2 is 2.28 bits per heavy atom. The van der Waals surface area contributed by atoms with Crippen LogP contribution < -0.4 is 10.6 Å². The van der Waals surface area contributed by atoms with Crippen LogP contribution in [0.15, 0.2) is 22.7 Å². The Labute approximate surface area is 119 Å². The zero-order valence-electron chi connectivity index (χ0n) is 9.87. The third-order valence-electron chi connectivity index (χ3n) is 2.97. The summed E-state index contributed by atoms with van der Waals surface area (Å²) in [5.41, 5.74) is 0.675. The van der Waals surface area contributed by atoms with Crippen LogP contribution in [-0.4, -0.2) is 32.2 Å². The average molecular weight is 334 g/mol. The summed E-state index contributed by atoms with van der Waals surface area (Å²) in [4.78, 5) is 12.2. The molecule has 0 aliphatic carbocycles. The van der Waals surface area contributed by atoms with Crippen molar-refractivity contribution < 1.29 is 9.53 Å². The lowest BCUT2D eigenvalue weighted by Crippen LogP contribution is -2.39. The summed E-state index contributed by atoms with van der Waals surface area (Å²) in [7, 11) is 1.83. The molecule has 1 aliphatic heterocycles. The molecule has 2 atom stereocenters. The summed E-state index contributed by atoms with van der Waals surface area (Å²) in [5, 5.41) is 6.53. The number of carbonyl (C=O) groups is 1. The maximum Gasteiger partial charge on any atom is 0.231 e. The van der Waals surface area contributed by atoms with Crippen LogP contribution in [-0.2, 0) is 9.53 Å². The number of anilines is 1. The number of carbonyl (C=O) groups excluding carboxylic acids is 1. The Bertz CT molecular complexity index is 456. The first-order valence-electron chi connectivity index (χ1n) is 5.62. The summed E-state index contributed by atoms with van der Waals surface area (Å²) in [6.45, 7) is 1.00. The minimum absolute atomic E-state index is 0.0583. The van der Waals surface area contributed by atoms with E-state index in [1.54, 1.807) is 18.2 Å². The quantitative estimate of drug-likeness (QED) is 0.892. The van der Waals surface area contributed by atoms with Gasteiger partial charge >= 0.3 is 0 Å². The molecule has 2 unspecified atom stereocenters. The Balaban J connectivity index is 2.09.